The molecule has 0 saturated carbocycles. The molecule has 27 heavy (non-hydrogen) atoms. The van der Waals surface area contributed by atoms with E-state index in [2.05, 4.69) is 4.98 Å². The zero-order valence-electron chi connectivity index (χ0n) is 14.2. The van der Waals surface area contributed by atoms with Crippen molar-refractivity contribution in [3.05, 3.63) is 75.9 Å². The summed E-state index contributed by atoms with van der Waals surface area (Å²) in [7, 11) is 0. The molecule has 3 aromatic rings. The Labute approximate surface area is 166 Å². The highest BCUT2D eigenvalue weighted by molar-refractivity contribution is 6.35. The quantitative estimate of drug-likeness (QED) is 0.608. The number of nitrogen functional groups attached to an aromatic ring is 1. The molecule has 5 nitrogen and oxygen atoms in total. The van der Waals surface area contributed by atoms with Gasteiger partial charge in [-0.25, -0.2) is 9.78 Å². The van der Waals surface area contributed by atoms with Crippen LogP contribution < -0.4 is 10.5 Å². The van der Waals surface area contributed by atoms with E-state index in [1.165, 1.54) is 12.1 Å². The lowest BCUT2D eigenvalue weighted by molar-refractivity contribution is 0.0697. The third kappa shape index (κ3) is 4.51. The van der Waals surface area contributed by atoms with Crippen molar-refractivity contribution in [2.45, 2.75) is 6.42 Å². The fraction of sp³-hybridized carbons (Fsp3) is 0.100. The van der Waals surface area contributed by atoms with Gasteiger partial charge in [0, 0.05) is 28.2 Å². The van der Waals surface area contributed by atoms with Crippen LogP contribution >= 0.6 is 23.2 Å². The first-order valence-electron chi connectivity index (χ1n) is 8.10. The highest BCUT2D eigenvalue weighted by Crippen LogP contribution is 2.29. The number of nitrogens with zero attached hydrogens (tertiary/aromatic N) is 1. The molecule has 0 bridgehead atoms. The van der Waals surface area contributed by atoms with Gasteiger partial charge in [-0.1, -0.05) is 41.4 Å². The van der Waals surface area contributed by atoms with Gasteiger partial charge in [0.25, 0.3) is 0 Å². The van der Waals surface area contributed by atoms with E-state index >= 15 is 0 Å². The first-order valence-corrected chi connectivity index (χ1v) is 8.86. The standard InChI is InChI=1S/C20H16Cl2N2O3/c21-16-2-1-3-17(22)15(16)8-9-27-18-10-14(11-24-19(18)23)12-4-6-13(7-5-12)20(25)26/h1-7,10-11H,8-9H2,(H2,23,24)(H,25,26). The van der Waals surface area contributed by atoms with Gasteiger partial charge in [0.2, 0.25) is 0 Å². The van der Waals surface area contributed by atoms with Crippen molar-refractivity contribution >= 4 is 35.0 Å². The minimum absolute atomic E-state index is 0.218. The smallest absolute Gasteiger partial charge is 0.335 e. The number of halogens is 2. The molecule has 2 aromatic carbocycles. The predicted octanol–water partition coefficient (Wildman–Crippen LogP) is 4.96. The van der Waals surface area contributed by atoms with E-state index in [0.717, 1.165) is 16.7 Å². The van der Waals surface area contributed by atoms with Gasteiger partial charge in [0.05, 0.1) is 12.2 Å². The number of rotatable bonds is 6. The molecule has 3 N–H and O–H groups in total. The van der Waals surface area contributed by atoms with Crippen LogP contribution in [0.2, 0.25) is 10.0 Å². The Morgan fingerprint density at radius 2 is 1.74 bits per heavy atom. The van der Waals surface area contributed by atoms with Crippen LogP contribution in [0.1, 0.15) is 15.9 Å². The summed E-state index contributed by atoms with van der Waals surface area (Å²) >= 11 is 12.3. The summed E-state index contributed by atoms with van der Waals surface area (Å²) in [4.78, 5) is 15.1. The van der Waals surface area contributed by atoms with Gasteiger partial charge in [0.1, 0.15) is 0 Å². The molecule has 0 amide bonds. The maximum absolute atomic E-state index is 11.0. The summed E-state index contributed by atoms with van der Waals surface area (Å²) in [6, 6.07) is 13.6. The predicted molar refractivity (Wildman–Crippen MR) is 107 cm³/mol. The van der Waals surface area contributed by atoms with Gasteiger partial charge in [-0.05, 0) is 41.5 Å². The summed E-state index contributed by atoms with van der Waals surface area (Å²) in [5.41, 5.74) is 8.52. The number of ether oxygens (including phenoxy) is 1. The van der Waals surface area contributed by atoms with E-state index < -0.39 is 5.97 Å². The first-order chi connectivity index (χ1) is 13.0. The molecule has 1 heterocycles. The molecular formula is C20H16Cl2N2O3. The average molecular weight is 403 g/mol. The average Bonchev–Trinajstić information content (AvgIpc) is 2.65. The number of aromatic nitrogens is 1. The van der Waals surface area contributed by atoms with Crippen molar-refractivity contribution in [3.63, 3.8) is 0 Å². The number of pyridine rings is 1. The molecule has 138 valence electrons. The maximum Gasteiger partial charge on any atom is 0.335 e. The lowest BCUT2D eigenvalue weighted by Crippen LogP contribution is -2.05. The molecule has 0 unspecified atom stereocenters. The minimum Gasteiger partial charge on any atom is -0.489 e. The second kappa shape index (κ2) is 8.29. The number of hydrogen-bond donors (Lipinski definition) is 2. The minimum atomic E-state index is -0.973. The Balaban J connectivity index is 1.74. The second-order valence-corrected chi connectivity index (χ2v) is 6.60. The summed E-state index contributed by atoms with van der Waals surface area (Å²) in [5.74, 6) is -0.261. The van der Waals surface area contributed by atoms with Crippen LogP contribution in [0.25, 0.3) is 11.1 Å². The van der Waals surface area contributed by atoms with Crippen LogP contribution in [0.5, 0.6) is 5.75 Å². The molecule has 7 heteroatoms. The SMILES string of the molecule is Nc1ncc(-c2ccc(C(=O)O)cc2)cc1OCCc1c(Cl)cccc1Cl. The number of carbonyl (C=O) groups is 1. The van der Waals surface area contributed by atoms with Crippen molar-refractivity contribution in [1.29, 1.82) is 0 Å². The van der Waals surface area contributed by atoms with Crippen LogP contribution in [0.3, 0.4) is 0 Å². The van der Waals surface area contributed by atoms with E-state index in [4.69, 9.17) is 38.8 Å². The summed E-state index contributed by atoms with van der Waals surface area (Å²) < 4.78 is 5.78. The van der Waals surface area contributed by atoms with Crippen molar-refractivity contribution in [2.24, 2.45) is 0 Å². The topological polar surface area (TPSA) is 85.4 Å². The molecular weight excluding hydrogens is 387 g/mol. The normalized spacial score (nSPS) is 10.6. The van der Waals surface area contributed by atoms with E-state index in [1.807, 2.05) is 0 Å². The Hall–Kier alpha value is -2.76. The number of aromatic carboxylic acids is 1. The van der Waals surface area contributed by atoms with Crippen LogP contribution in [-0.2, 0) is 6.42 Å². The van der Waals surface area contributed by atoms with Crippen LogP contribution in [0.4, 0.5) is 5.82 Å². The van der Waals surface area contributed by atoms with Crippen LogP contribution in [0.15, 0.2) is 54.7 Å². The van der Waals surface area contributed by atoms with Gasteiger partial charge in [-0.15, -0.1) is 0 Å². The Morgan fingerprint density at radius 1 is 1.07 bits per heavy atom. The van der Waals surface area contributed by atoms with Crippen molar-refractivity contribution in [3.8, 4) is 16.9 Å². The summed E-state index contributed by atoms with van der Waals surface area (Å²) in [6.07, 6.45) is 2.14. The van der Waals surface area contributed by atoms with Crippen molar-refractivity contribution in [2.75, 3.05) is 12.3 Å². The highest BCUT2D eigenvalue weighted by atomic mass is 35.5. The third-order valence-electron chi connectivity index (χ3n) is 4.02. The molecule has 1 aromatic heterocycles. The molecule has 0 aliphatic heterocycles. The van der Waals surface area contributed by atoms with Gasteiger partial charge in [-0.3, -0.25) is 0 Å². The summed E-state index contributed by atoms with van der Waals surface area (Å²) in [5, 5.41) is 10.2. The fourth-order valence-electron chi connectivity index (χ4n) is 2.57. The van der Waals surface area contributed by atoms with Gasteiger partial charge in [0.15, 0.2) is 11.6 Å². The van der Waals surface area contributed by atoms with Gasteiger partial charge >= 0.3 is 5.97 Å². The van der Waals surface area contributed by atoms with Gasteiger partial charge < -0.3 is 15.6 Å². The molecule has 0 atom stereocenters. The van der Waals surface area contributed by atoms with E-state index in [1.54, 1.807) is 42.6 Å². The Bertz CT molecular complexity index is 955. The fourth-order valence-corrected chi connectivity index (χ4v) is 3.15. The molecule has 3 rings (SSSR count). The number of anilines is 1. The molecule has 0 saturated heterocycles. The molecule has 0 spiro atoms. The zero-order valence-corrected chi connectivity index (χ0v) is 15.7. The molecule has 0 radical (unpaired) electrons. The van der Waals surface area contributed by atoms with E-state index in [0.29, 0.717) is 28.8 Å². The monoisotopic (exact) mass is 402 g/mol. The lowest BCUT2D eigenvalue weighted by Gasteiger charge is -2.12. The third-order valence-corrected chi connectivity index (χ3v) is 4.73. The van der Waals surface area contributed by atoms with Crippen LogP contribution in [0, 0.1) is 0 Å². The number of benzene rings is 2. The number of hydrogen-bond acceptors (Lipinski definition) is 4. The van der Waals surface area contributed by atoms with E-state index in [-0.39, 0.29) is 11.4 Å². The number of carboxylic acids is 1. The van der Waals surface area contributed by atoms with Crippen molar-refractivity contribution in [1.82, 2.24) is 4.98 Å². The van der Waals surface area contributed by atoms with Crippen LogP contribution in [-0.4, -0.2) is 22.7 Å². The highest BCUT2D eigenvalue weighted by Gasteiger charge is 2.10. The molecule has 0 aliphatic carbocycles. The zero-order chi connectivity index (χ0) is 19.4. The molecule has 0 aliphatic rings. The summed E-state index contributed by atoms with van der Waals surface area (Å²) in [6.45, 7) is 0.330. The Morgan fingerprint density at radius 3 is 2.37 bits per heavy atom. The van der Waals surface area contributed by atoms with E-state index in [9.17, 15) is 4.79 Å². The largest absolute Gasteiger partial charge is 0.489 e. The van der Waals surface area contributed by atoms with Gasteiger partial charge in [-0.2, -0.15) is 0 Å². The second-order valence-electron chi connectivity index (χ2n) is 5.79. The number of nitrogens with two attached hydrogens (primary N) is 1. The Kier molecular flexibility index (Phi) is 5.84. The lowest BCUT2D eigenvalue weighted by atomic mass is 10.1. The first kappa shape index (κ1) is 19.0. The maximum atomic E-state index is 11.0. The number of carboxylic acid groups (broad SMARTS) is 1. The van der Waals surface area contributed by atoms with Crippen molar-refractivity contribution < 1.29 is 14.6 Å². The molecule has 0 fully saturated rings.